The number of imidazole rings is 1. The van der Waals surface area contributed by atoms with Crippen molar-refractivity contribution in [3.63, 3.8) is 0 Å². The first-order valence-electron chi connectivity index (χ1n) is 6.87. The van der Waals surface area contributed by atoms with Crippen LogP contribution < -0.4 is 0 Å². The third kappa shape index (κ3) is 2.03. The number of fused-ring (bicyclic) bond motifs is 1. The SMILES string of the molecule is CCc1nc2ccccc2n1CC1CCC(C)O1. The molecule has 3 nitrogen and oxygen atoms in total. The molecule has 96 valence electrons. The van der Waals surface area contributed by atoms with Crippen molar-refractivity contribution in [3.05, 3.63) is 30.1 Å². The van der Waals surface area contributed by atoms with E-state index in [4.69, 9.17) is 9.72 Å². The number of ether oxygens (including phenoxy) is 1. The molecule has 18 heavy (non-hydrogen) atoms. The zero-order chi connectivity index (χ0) is 12.5. The number of aryl methyl sites for hydroxylation is 1. The van der Waals surface area contributed by atoms with Crippen molar-refractivity contribution in [3.8, 4) is 0 Å². The molecule has 3 heteroatoms. The fourth-order valence-corrected chi connectivity index (χ4v) is 2.82. The average Bonchev–Trinajstić information content (AvgIpc) is 2.94. The highest BCUT2D eigenvalue weighted by Gasteiger charge is 2.23. The van der Waals surface area contributed by atoms with Crippen molar-refractivity contribution < 1.29 is 4.74 Å². The van der Waals surface area contributed by atoms with Gasteiger partial charge < -0.3 is 9.30 Å². The lowest BCUT2D eigenvalue weighted by Crippen LogP contribution is -2.18. The van der Waals surface area contributed by atoms with Gasteiger partial charge in [0, 0.05) is 6.42 Å². The summed E-state index contributed by atoms with van der Waals surface area (Å²) in [7, 11) is 0. The Morgan fingerprint density at radius 3 is 2.89 bits per heavy atom. The fraction of sp³-hybridized carbons (Fsp3) is 0.533. The van der Waals surface area contributed by atoms with Gasteiger partial charge in [-0.2, -0.15) is 0 Å². The van der Waals surface area contributed by atoms with Crippen LogP contribution in [0, 0.1) is 0 Å². The van der Waals surface area contributed by atoms with E-state index in [0.29, 0.717) is 12.2 Å². The minimum atomic E-state index is 0.350. The molecule has 2 atom stereocenters. The smallest absolute Gasteiger partial charge is 0.109 e. The lowest BCUT2D eigenvalue weighted by Gasteiger charge is -2.14. The van der Waals surface area contributed by atoms with Crippen LogP contribution in [0.4, 0.5) is 0 Å². The topological polar surface area (TPSA) is 27.1 Å². The van der Waals surface area contributed by atoms with Crippen LogP contribution >= 0.6 is 0 Å². The second kappa shape index (κ2) is 4.73. The van der Waals surface area contributed by atoms with E-state index in [0.717, 1.165) is 24.9 Å². The van der Waals surface area contributed by atoms with Crippen LogP contribution in [0.3, 0.4) is 0 Å². The van der Waals surface area contributed by atoms with Crippen LogP contribution in [0.2, 0.25) is 0 Å². The molecule has 0 radical (unpaired) electrons. The van der Waals surface area contributed by atoms with Gasteiger partial charge in [0.05, 0.1) is 29.8 Å². The summed E-state index contributed by atoms with van der Waals surface area (Å²) in [5.41, 5.74) is 2.33. The van der Waals surface area contributed by atoms with E-state index >= 15 is 0 Å². The Bertz CT molecular complexity index is 546. The molecule has 2 aromatic rings. The summed E-state index contributed by atoms with van der Waals surface area (Å²) in [4.78, 5) is 4.70. The third-order valence-electron chi connectivity index (χ3n) is 3.76. The Kier molecular flexibility index (Phi) is 3.08. The summed E-state index contributed by atoms with van der Waals surface area (Å²) in [6.45, 7) is 5.26. The van der Waals surface area contributed by atoms with Crippen molar-refractivity contribution in [2.24, 2.45) is 0 Å². The number of para-hydroxylation sites is 2. The standard InChI is InChI=1S/C15H20N2O/c1-3-15-16-13-6-4-5-7-14(13)17(15)10-12-9-8-11(2)18-12/h4-7,11-12H,3,8-10H2,1-2H3. The van der Waals surface area contributed by atoms with Crippen LogP contribution in [0.15, 0.2) is 24.3 Å². The van der Waals surface area contributed by atoms with Gasteiger partial charge in [-0.3, -0.25) is 0 Å². The van der Waals surface area contributed by atoms with Gasteiger partial charge in [0.25, 0.3) is 0 Å². The molecule has 0 N–H and O–H groups in total. The third-order valence-corrected chi connectivity index (χ3v) is 3.76. The van der Waals surface area contributed by atoms with E-state index in [1.165, 1.54) is 17.8 Å². The first-order chi connectivity index (χ1) is 8.78. The molecule has 1 aliphatic heterocycles. The number of rotatable bonds is 3. The molecular formula is C15H20N2O. The molecule has 2 heterocycles. The van der Waals surface area contributed by atoms with Gasteiger partial charge in [0.15, 0.2) is 0 Å². The molecule has 0 bridgehead atoms. The van der Waals surface area contributed by atoms with Crippen LogP contribution in [0.25, 0.3) is 11.0 Å². The minimum absolute atomic E-state index is 0.350. The molecule has 1 aliphatic rings. The maximum absolute atomic E-state index is 5.93. The molecule has 0 saturated carbocycles. The molecule has 0 amide bonds. The molecule has 1 aromatic heterocycles. The van der Waals surface area contributed by atoms with Crippen LogP contribution in [0.1, 0.15) is 32.5 Å². The van der Waals surface area contributed by atoms with Crippen LogP contribution in [-0.2, 0) is 17.7 Å². The molecule has 3 rings (SSSR count). The lowest BCUT2D eigenvalue weighted by atomic mass is 10.2. The van der Waals surface area contributed by atoms with Crippen LogP contribution in [-0.4, -0.2) is 21.8 Å². The Labute approximate surface area is 108 Å². The molecule has 0 spiro atoms. The summed E-state index contributed by atoms with van der Waals surface area (Å²) in [6.07, 6.45) is 4.07. The summed E-state index contributed by atoms with van der Waals surface area (Å²) >= 11 is 0. The number of nitrogens with zero attached hydrogens (tertiary/aromatic N) is 2. The van der Waals surface area contributed by atoms with Crippen molar-refractivity contribution in [2.75, 3.05) is 0 Å². The predicted molar refractivity (Wildman–Crippen MR) is 72.7 cm³/mol. The van der Waals surface area contributed by atoms with E-state index in [9.17, 15) is 0 Å². The molecular weight excluding hydrogens is 224 g/mol. The fourth-order valence-electron chi connectivity index (χ4n) is 2.82. The molecule has 0 aliphatic carbocycles. The van der Waals surface area contributed by atoms with Gasteiger partial charge in [0.2, 0.25) is 0 Å². The number of hydrogen-bond acceptors (Lipinski definition) is 2. The Hall–Kier alpha value is -1.35. The van der Waals surface area contributed by atoms with Crippen molar-refractivity contribution in [1.29, 1.82) is 0 Å². The van der Waals surface area contributed by atoms with Gasteiger partial charge in [-0.25, -0.2) is 4.98 Å². The van der Waals surface area contributed by atoms with E-state index < -0.39 is 0 Å². The van der Waals surface area contributed by atoms with E-state index in [-0.39, 0.29) is 0 Å². The number of benzene rings is 1. The van der Waals surface area contributed by atoms with Crippen molar-refractivity contribution in [2.45, 2.75) is 51.9 Å². The minimum Gasteiger partial charge on any atom is -0.373 e. The van der Waals surface area contributed by atoms with Crippen molar-refractivity contribution in [1.82, 2.24) is 9.55 Å². The van der Waals surface area contributed by atoms with Gasteiger partial charge in [-0.1, -0.05) is 19.1 Å². The summed E-state index contributed by atoms with van der Waals surface area (Å²) in [5, 5.41) is 0. The highest BCUT2D eigenvalue weighted by Crippen LogP contribution is 2.24. The molecule has 1 fully saturated rings. The molecule has 2 unspecified atom stereocenters. The first kappa shape index (κ1) is 11.7. The highest BCUT2D eigenvalue weighted by atomic mass is 16.5. The van der Waals surface area contributed by atoms with Crippen LogP contribution in [0.5, 0.6) is 0 Å². The van der Waals surface area contributed by atoms with E-state index in [2.05, 4.69) is 36.6 Å². The molecule has 1 aromatic carbocycles. The zero-order valence-electron chi connectivity index (χ0n) is 11.1. The Balaban J connectivity index is 1.94. The van der Waals surface area contributed by atoms with Gasteiger partial charge in [-0.05, 0) is 31.9 Å². The van der Waals surface area contributed by atoms with Gasteiger partial charge in [-0.15, -0.1) is 0 Å². The average molecular weight is 244 g/mol. The second-order valence-corrected chi connectivity index (χ2v) is 5.13. The highest BCUT2D eigenvalue weighted by molar-refractivity contribution is 5.75. The maximum atomic E-state index is 5.93. The summed E-state index contributed by atoms with van der Waals surface area (Å²) < 4.78 is 8.27. The number of hydrogen-bond donors (Lipinski definition) is 0. The Morgan fingerprint density at radius 2 is 2.17 bits per heavy atom. The second-order valence-electron chi connectivity index (χ2n) is 5.13. The quantitative estimate of drug-likeness (QED) is 0.829. The predicted octanol–water partition coefficient (Wildman–Crippen LogP) is 3.17. The van der Waals surface area contributed by atoms with E-state index in [1.54, 1.807) is 0 Å². The normalized spacial score (nSPS) is 23.9. The Morgan fingerprint density at radius 1 is 1.33 bits per heavy atom. The number of aromatic nitrogens is 2. The zero-order valence-corrected chi connectivity index (χ0v) is 11.1. The monoisotopic (exact) mass is 244 g/mol. The van der Waals surface area contributed by atoms with Crippen molar-refractivity contribution >= 4 is 11.0 Å². The lowest BCUT2D eigenvalue weighted by molar-refractivity contribution is 0.0460. The first-order valence-corrected chi connectivity index (χ1v) is 6.87. The van der Waals surface area contributed by atoms with E-state index in [1.807, 2.05) is 6.07 Å². The largest absolute Gasteiger partial charge is 0.373 e. The van der Waals surface area contributed by atoms with Gasteiger partial charge >= 0.3 is 0 Å². The van der Waals surface area contributed by atoms with Gasteiger partial charge in [0.1, 0.15) is 5.82 Å². The summed E-state index contributed by atoms with van der Waals surface area (Å²) in [6, 6.07) is 8.37. The molecule has 1 saturated heterocycles. The summed E-state index contributed by atoms with van der Waals surface area (Å²) in [5.74, 6) is 1.17. The maximum Gasteiger partial charge on any atom is 0.109 e.